The number of rotatable bonds is 3. The molecule has 0 aromatic heterocycles. The van der Waals surface area contributed by atoms with Crippen molar-refractivity contribution in [2.75, 3.05) is 32.7 Å². The Morgan fingerprint density at radius 1 is 1.35 bits per heavy atom. The number of hydrogen-bond acceptors (Lipinski definition) is 3. The number of piperidine rings is 2. The summed E-state index contributed by atoms with van der Waals surface area (Å²) in [4.78, 5) is 14.8. The van der Waals surface area contributed by atoms with Crippen LogP contribution in [-0.2, 0) is 4.79 Å². The first-order chi connectivity index (χ1) is 8.64. The largest absolute Gasteiger partial charge is 0.353 e. The predicted octanol–water partition coefficient (Wildman–Crippen LogP) is 1.82. The van der Waals surface area contributed by atoms with Gasteiger partial charge in [0.25, 0.3) is 0 Å². The van der Waals surface area contributed by atoms with E-state index >= 15 is 0 Å². The third-order valence-corrected chi connectivity index (χ3v) is 4.52. The summed E-state index contributed by atoms with van der Waals surface area (Å²) < 4.78 is 0. The second-order valence-electron chi connectivity index (χ2n) is 6.02. The summed E-state index contributed by atoms with van der Waals surface area (Å²) >= 11 is 0. The van der Waals surface area contributed by atoms with E-state index in [0.29, 0.717) is 6.04 Å². The molecule has 120 valence electrons. The van der Waals surface area contributed by atoms with Crippen molar-refractivity contribution in [3.05, 3.63) is 0 Å². The number of nitrogens with zero attached hydrogens (tertiary/aromatic N) is 1. The monoisotopic (exact) mass is 325 g/mol. The van der Waals surface area contributed by atoms with Crippen molar-refractivity contribution < 1.29 is 4.79 Å². The maximum absolute atomic E-state index is 12.4. The number of likely N-dealkylation sites (tertiary alicyclic amines) is 1. The minimum Gasteiger partial charge on any atom is -0.353 e. The number of halogens is 2. The summed E-state index contributed by atoms with van der Waals surface area (Å²) in [7, 11) is 0. The standard InChI is InChI=1S/C14H27N3O.2ClH/c1-3-17-9-5-12(6-10-17)16-13(18)14(2)7-4-8-15-11-14;;/h12,15H,3-11H2,1-2H3,(H,16,18);2*1H. The van der Waals surface area contributed by atoms with Gasteiger partial charge < -0.3 is 15.5 Å². The zero-order valence-corrected chi connectivity index (χ0v) is 14.2. The molecule has 2 saturated heterocycles. The van der Waals surface area contributed by atoms with E-state index in [9.17, 15) is 4.79 Å². The average molecular weight is 326 g/mol. The first-order valence-corrected chi connectivity index (χ1v) is 7.38. The number of amides is 1. The van der Waals surface area contributed by atoms with E-state index in [2.05, 4.69) is 29.4 Å². The molecular weight excluding hydrogens is 297 g/mol. The van der Waals surface area contributed by atoms with Crippen molar-refractivity contribution in [1.82, 2.24) is 15.5 Å². The molecule has 0 saturated carbocycles. The molecule has 0 bridgehead atoms. The highest BCUT2D eigenvalue weighted by Gasteiger charge is 2.35. The van der Waals surface area contributed by atoms with Crippen LogP contribution in [0.2, 0.25) is 0 Å². The molecule has 2 rings (SSSR count). The van der Waals surface area contributed by atoms with Crippen molar-refractivity contribution in [1.29, 1.82) is 0 Å². The summed E-state index contributed by atoms with van der Waals surface area (Å²) in [5.74, 6) is 0.254. The Bertz CT molecular complexity index is 288. The molecule has 2 heterocycles. The molecule has 0 aromatic rings. The molecule has 0 aromatic carbocycles. The lowest BCUT2D eigenvalue weighted by Crippen LogP contribution is -2.53. The van der Waals surface area contributed by atoms with Gasteiger partial charge in [-0.3, -0.25) is 4.79 Å². The van der Waals surface area contributed by atoms with E-state index in [4.69, 9.17) is 0 Å². The van der Waals surface area contributed by atoms with Crippen LogP contribution in [0.15, 0.2) is 0 Å². The fourth-order valence-corrected chi connectivity index (χ4v) is 3.00. The van der Waals surface area contributed by atoms with Crippen molar-refractivity contribution >= 4 is 30.7 Å². The Labute approximate surface area is 135 Å². The smallest absolute Gasteiger partial charge is 0.227 e. The number of hydrogen-bond donors (Lipinski definition) is 2. The Kier molecular flexibility index (Phi) is 9.07. The zero-order chi connectivity index (χ0) is 13.0. The fraction of sp³-hybridized carbons (Fsp3) is 0.929. The van der Waals surface area contributed by atoms with Crippen molar-refractivity contribution in [3.8, 4) is 0 Å². The van der Waals surface area contributed by atoms with Crippen molar-refractivity contribution in [3.63, 3.8) is 0 Å². The van der Waals surface area contributed by atoms with Gasteiger partial charge >= 0.3 is 0 Å². The lowest BCUT2D eigenvalue weighted by Gasteiger charge is -2.36. The summed E-state index contributed by atoms with van der Waals surface area (Å²) in [6.07, 6.45) is 4.32. The van der Waals surface area contributed by atoms with Crippen LogP contribution in [0.5, 0.6) is 0 Å². The molecule has 2 fully saturated rings. The van der Waals surface area contributed by atoms with Crippen LogP contribution in [-0.4, -0.2) is 49.6 Å². The van der Waals surface area contributed by atoms with Crippen LogP contribution in [0, 0.1) is 5.41 Å². The SMILES string of the molecule is CCN1CCC(NC(=O)C2(C)CCCNC2)CC1.Cl.Cl. The van der Waals surface area contributed by atoms with Gasteiger partial charge in [-0.1, -0.05) is 6.92 Å². The van der Waals surface area contributed by atoms with E-state index in [-0.39, 0.29) is 36.1 Å². The summed E-state index contributed by atoms with van der Waals surface area (Å²) in [5, 5.41) is 6.61. The number of carbonyl (C=O) groups is 1. The Hall–Kier alpha value is -0.0300. The normalized spacial score (nSPS) is 28.1. The van der Waals surface area contributed by atoms with E-state index in [1.807, 2.05) is 0 Å². The molecule has 1 atom stereocenters. The molecule has 2 aliphatic rings. The molecule has 0 aliphatic carbocycles. The van der Waals surface area contributed by atoms with Gasteiger partial charge in [0.2, 0.25) is 5.91 Å². The van der Waals surface area contributed by atoms with Crippen LogP contribution in [0.3, 0.4) is 0 Å². The molecule has 2 aliphatic heterocycles. The first kappa shape index (κ1) is 20.0. The molecule has 20 heavy (non-hydrogen) atoms. The topological polar surface area (TPSA) is 44.4 Å². The van der Waals surface area contributed by atoms with Crippen LogP contribution in [0.1, 0.15) is 39.5 Å². The zero-order valence-electron chi connectivity index (χ0n) is 12.6. The van der Waals surface area contributed by atoms with Crippen LogP contribution < -0.4 is 10.6 Å². The van der Waals surface area contributed by atoms with Crippen LogP contribution >= 0.6 is 24.8 Å². The first-order valence-electron chi connectivity index (χ1n) is 7.38. The van der Waals surface area contributed by atoms with Gasteiger partial charge in [-0.05, 0) is 45.7 Å². The maximum Gasteiger partial charge on any atom is 0.227 e. The third-order valence-electron chi connectivity index (χ3n) is 4.52. The second-order valence-corrected chi connectivity index (χ2v) is 6.02. The van der Waals surface area contributed by atoms with Crippen molar-refractivity contribution in [2.45, 2.75) is 45.6 Å². The third kappa shape index (κ3) is 5.06. The number of nitrogens with one attached hydrogen (secondary N) is 2. The van der Waals surface area contributed by atoms with Crippen molar-refractivity contribution in [2.24, 2.45) is 5.41 Å². The van der Waals surface area contributed by atoms with Crippen LogP contribution in [0.25, 0.3) is 0 Å². The van der Waals surface area contributed by atoms with Crippen LogP contribution in [0.4, 0.5) is 0 Å². The van der Waals surface area contributed by atoms with E-state index < -0.39 is 0 Å². The van der Waals surface area contributed by atoms with Gasteiger partial charge in [0.15, 0.2) is 0 Å². The predicted molar refractivity (Wildman–Crippen MR) is 88.0 cm³/mol. The highest BCUT2D eigenvalue weighted by atomic mass is 35.5. The molecule has 0 radical (unpaired) electrons. The molecular formula is C14H29Cl2N3O. The number of carbonyl (C=O) groups excluding carboxylic acids is 1. The Balaban J connectivity index is 0.00000180. The highest BCUT2D eigenvalue weighted by Crippen LogP contribution is 2.26. The van der Waals surface area contributed by atoms with Gasteiger partial charge in [0, 0.05) is 25.7 Å². The molecule has 6 heteroatoms. The minimum atomic E-state index is -0.194. The van der Waals surface area contributed by atoms with E-state index in [0.717, 1.165) is 58.4 Å². The molecule has 0 spiro atoms. The molecule has 1 unspecified atom stereocenters. The summed E-state index contributed by atoms with van der Waals surface area (Å²) in [6.45, 7) is 9.54. The van der Waals surface area contributed by atoms with Gasteiger partial charge in [-0.15, -0.1) is 24.8 Å². The van der Waals surface area contributed by atoms with Gasteiger partial charge in [-0.2, -0.15) is 0 Å². The molecule has 1 amide bonds. The van der Waals surface area contributed by atoms with Gasteiger partial charge in [0.05, 0.1) is 5.41 Å². The molecule has 4 nitrogen and oxygen atoms in total. The van der Waals surface area contributed by atoms with E-state index in [1.165, 1.54) is 0 Å². The lowest BCUT2D eigenvalue weighted by molar-refractivity contribution is -0.132. The highest BCUT2D eigenvalue weighted by molar-refractivity contribution is 5.85. The average Bonchev–Trinajstić information content (AvgIpc) is 2.40. The van der Waals surface area contributed by atoms with Gasteiger partial charge in [0.1, 0.15) is 0 Å². The molecule has 2 N–H and O–H groups in total. The summed E-state index contributed by atoms with van der Waals surface area (Å²) in [6, 6.07) is 0.388. The Morgan fingerprint density at radius 3 is 2.50 bits per heavy atom. The van der Waals surface area contributed by atoms with E-state index in [1.54, 1.807) is 0 Å². The quantitative estimate of drug-likeness (QED) is 0.832. The Morgan fingerprint density at radius 2 is 2.00 bits per heavy atom. The summed E-state index contributed by atoms with van der Waals surface area (Å²) in [5.41, 5.74) is -0.194. The van der Waals surface area contributed by atoms with Gasteiger partial charge in [-0.25, -0.2) is 0 Å². The second kappa shape index (κ2) is 9.08. The maximum atomic E-state index is 12.4. The fourth-order valence-electron chi connectivity index (χ4n) is 3.00. The lowest BCUT2D eigenvalue weighted by atomic mass is 9.81. The minimum absolute atomic E-state index is 0.